The molecule has 0 saturated carbocycles. The number of carbonyl (C=O) groups is 2. The normalized spacial score (nSPS) is 18.3. The first-order valence-corrected chi connectivity index (χ1v) is 8.00. The van der Waals surface area contributed by atoms with Crippen molar-refractivity contribution in [3.05, 3.63) is 0 Å². The molecule has 0 spiro atoms. The average Bonchev–Trinajstić information content (AvgIpc) is 2.56. The van der Waals surface area contributed by atoms with E-state index in [4.69, 9.17) is 9.47 Å². The van der Waals surface area contributed by atoms with E-state index in [1.807, 2.05) is 13.8 Å². The van der Waals surface area contributed by atoms with E-state index in [1.54, 1.807) is 0 Å². The van der Waals surface area contributed by atoms with Crippen LogP contribution >= 0.6 is 0 Å². The van der Waals surface area contributed by atoms with Crippen LogP contribution in [-0.4, -0.2) is 69.4 Å². The van der Waals surface area contributed by atoms with Crippen molar-refractivity contribution in [3.63, 3.8) is 0 Å². The Labute approximate surface area is 132 Å². The molecule has 2 N–H and O–H groups in total. The van der Waals surface area contributed by atoms with Gasteiger partial charge in [0.15, 0.2) is 0 Å². The Hall–Kier alpha value is -1.34. The highest BCUT2D eigenvalue weighted by molar-refractivity contribution is 5.83. The number of rotatable bonds is 8. The summed E-state index contributed by atoms with van der Waals surface area (Å²) in [5.74, 6) is -0.371. The number of hydrogen-bond acceptors (Lipinski definition) is 5. The number of carbonyl (C=O) groups excluding carboxylic acids is 2. The third-order valence-electron chi connectivity index (χ3n) is 4.00. The molecule has 1 fully saturated rings. The maximum absolute atomic E-state index is 11.9. The molecule has 22 heavy (non-hydrogen) atoms. The maximum atomic E-state index is 11.9. The fraction of sp³-hybridized carbons (Fsp3) is 0.867. The molecular weight excluding hydrogens is 286 g/mol. The van der Waals surface area contributed by atoms with Gasteiger partial charge in [0.25, 0.3) is 0 Å². The fourth-order valence-electron chi connectivity index (χ4n) is 2.32. The van der Waals surface area contributed by atoms with Gasteiger partial charge in [-0.25, -0.2) is 9.59 Å². The van der Waals surface area contributed by atoms with Crippen LogP contribution in [0.15, 0.2) is 0 Å². The molecule has 1 heterocycles. The lowest BCUT2D eigenvalue weighted by molar-refractivity contribution is -0.144. The molecule has 1 saturated heterocycles. The Kier molecular flexibility index (Phi) is 8.84. The number of esters is 1. The van der Waals surface area contributed by atoms with Gasteiger partial charge < -0.3 is 20.1 Å². The van der Waals surface area contributed by atoms with Crippen LogP contribution in [0, 0.1) is 5.92 Å². The summed E-state index contributed by atoms with van der Waals surface area (Å²) in [6.07, 6.45) is 1.66. The monoisotopic (exact) mass is 315 g/mol. The molecule has 0 aliphatic carbocycles. The molecule has 0 aromatic carbocycles. The first-order valence-electron chi connectivity index (χ1n) is 8.00. The number of nitrogens with one attached hydrogen (secondary N) is 2. The number of nitrogens with zero attached hydrogens (tertiary/aromatic N) is 1. The van der Waals surface area contributed by atoms with Gasteiger partial charge in [0.2, 0.25) is 0 Å². The van der Waals surface area contributed by atoms with Gasteiger partial charge in [-0.05, 0) is 18.9 Å². The molecule has 1 aliphatic heterocycles. The minimum Gasteiger partial charge on any atom is -0.467 e. The quantitative estimate of drug-likeness (QED) is 0.506. The largest absolute Gasteiger partial charge is 0.467 e. The van der Waals surface area contributed by atoms with Gasteiger partial charge in [-0.3, -0.25) is 4.90 Å². The standard InChI is InChI=1S/C15H29N3O4/c1-4-12(2)13(14(19)21-3)17-15(20)16-6-5-7-18-8-10-22-11-9-18/h12-13H,4-11H2,1-3H3,(H2,16,17,20)/t12-,13+/m1/s1. The van der Waals surface area contributed by atoms with Crippen LogP contribution in [0.2, 0.25) is 0 Å². The van der Waals surface area contributed by atoms with Gasteiger partial charge in [-0.1, -0.05) is 20.3 Å². The van der Waals surface area contributed by atoms with Crippen molar-refractivity contribution in [2.24, 2.45) is 5.92 Å². The van der Waals surface area contributed by atoms with Crippen LogP contribution in [0.3, 0.4) is 0 Å². The van der Waals surface area contributed by atoms with Gasteiger partial charge in [0.1, 0.15) is 6.04 Å². The summed E-state index contributed by atoms with van der Waals surface area (Å²) < 4.78 is 10.0. The number of urea groups is 1. The molecular formula is C15H29N3O4. The van der Waals surface area contributed by atoms with E-state index in [9.17, 15) is 9.59 Å². The van der Waals surface area contributed by atoms with Crippen molar-refractivity contribution in [1.29, 1.82) is 0 Å². The van der Waals surface area contributed by atoms with Crippen LogP contribution in [0.1, 0.15) is 26.7 Å². The Morgan fingerprint density at radius 2 is 2.00 bits per heavy atom. The Balaban J connectivity index is 2.23. The predicted octanol–water partition coefficient (Wildman–Crippen LogP) is 0.596. The van der Waals surface area contributed by atoms with E-state index in [1.165, 1.54) is 7.11 Å². The van der Waals surface area contributed by atoms with E-state index in [0.717, 1.165) is 45.7 Å². The van der Waals surface area contributed by atoms with Gasteiger partial charge >= 0.3 is 12.0 Å². The minimum absolute atomic E-state index is 0.0338. The summed E-state index contributed by atoms with van der Waals surface area (Å²) in [7, 11) is 1.33. The zero-order valence-electron chi connectivity index (χ0n) is 13.9. The Morgan fingerprint density at radius 3 is 2.59 bits per heavy atom. The summed E-state index contributed by atoms with van der Waals surface area (Å²) in [6.45, 7) is 8.87. The third-order valence-corrected chi connectivity index (χ3v) is 4.00. The molecule has 0 radical (unpaired) electrons. The molecule has 1 aliphatic rings. The van der Waals surface area contributed by atoms with E-state index >= 15 is 0 Å². The fourth-order valence-corrected chi connectivity index (χ4v) is 2.32. The highest BCUT2D eigenvalue weighted by Crippen LogP contribution is 2.09. The summed E-state index contributed by atoms with van der Waals surface area (Å²) in [5.41, 5.74) is 0. The summed E-state index contributed by atoms with van der Waals surface area (Å²) in [6, 6.07) is -0.924. The topological polar surface area (TPSA) is 79.9 Å². The molecule has 2 atom stereocenters. The van der Waals surface area contributed by atoms with Crippen LogP contribution < -0.4 is 10.6 Å². The highest BCUT2D eigenvalue weighted by atomic mass is 16.5. The number of amides is 2. The summed E-state index contributed by atoms with van der Waals surface area (Å²) >= 11 is 0. The van der Waals surface area contributed by atoms with Crippen LogP contribution in [-0.2, 0) is 14.3 Å². The van der Waals surface area contributed by atoms with E-state index in [2.05, 4.69) is 15.5 Å². The number of hydrogen-bond donors (Lipinski definition) is 2. The molecule has 1 rings (SSSR count). The molecule has 0 bridgehead atoms. The van der Waals surface area contributed by atoms with Crippen molar-refractivity contribution in [2.45, 2.75) is 32.7 Å². The number of morpholine rings is 1. The zero-order chi connectivity index (χ0) is 16.4. The second kappa shape index (κ2) is 10.4. The lowest BCUT2D eigenvalue weighted by atomic mass is 9.99. The lowest BCUT2D eigenvalue weighted by Gasteiger charge is -2.26. The van der Waals surface area contributed by atoms with Crippen molar-refractivity contribution in [1.82, 2.24) is 15.5 Å². The number of methoxy groups -OCH3 is 1. The van der Waals surface area contributed by atoms with E-state index in [0.29, 0.717) is 6.54 Å². The smallest absolute Gasteiger partial charge is 0.328 e. The van der Waals surface area contributed by atoms with Crippen molar-refractivity contribution < 1.29 is 19.1 Å². The first kappa shape index (κ1) is 18.7. The zero-order valence-corrected chi connectivity index (χ0v) is 13.9. The Morgan fingerprint density at radius 1 is 1.32 bits per heavy atom. The molecule has 0 unspecified atom stereocenters. The van der Waals surface area contributed by atoms with Crippen LogP contribution in [0.4, 0.5) is 4.79 Å². The second-order valence-electron chi connectivity index (χ2n) is 5.59. The minimum atomic E-state index is -0.603. The van der Waals surface area contributed by atoms with Crippen molar-refractivity contribution in [2.75, 3.05) is 46.5 Å². The van der Waals surface area contributed by atoms with Crippen molar-refractivity contribution in [3.8, 4) is 0 Å². The molecule has 2 amide bonds. The molecule has 7 nitrogen and oxygen atoms in total. The van der Waals surface area contributed by atoms with Gasteiger partial charge in [-0.2, -0.15) is 0 Å². The average molecular weight is 315 g/mol. The molecule has 7 heteroatoms. The van der Waals surface area contributed by atoms with Crippen molar-refractivity contribution >= 4 is 12.0 Å². The second-order valence-corrected chi connectivity index (χ2v) is 5.59. The number of ether oxygens (including phenoxy) is 2. The van der Waals surface area contributed by atoms with Gasteiger partial charge in [-0.15, -0.1) is 0 Å². The SMILES string of the molecule is CC[C@@H](C)[C@H](NC(=O)NCCCN1CCOCC1)C(=O)OC. The lowest BCUT2D eigenvalue weighted by Crippen LogP contribution is -2.50. The van der Waals surface area contributed by atoms with Crippen LogP contribution in [0.5, 0.6) is 0 Å². The molecule has 0 aromatic rings. The van der Waals surface area contributed by atoms with E-state index < -0.39 is 12.0 Å². The summed E-state index contributed by atoms with van der Waals surface area (Å²) in [5, 5.41) is 5.49. The van der Waals surface area contributed by atoms with E-state index in [-0.39, 0.29) is 11.9 Å². The predicted molar refractivity (Wildman–Crippen MR) is 83.7 cm³/mol. The highest BCUT2D eigenvalue weighted by Gasteiger charge is 2.26. The summed E-state index contributed by atoms with van der Waals surface area (Å²) in [4.78, 5) is 25.9. The molecule has 0 aromatic heterocycles. The maximum Gasteiger partial charge on any atom is 0.328 e. The van der Waals surface area contributed by atoms with Gasteiger partial charge in [0.05, 0.1) is 20.3 Å². The van der Waals surface area contributed by atoms with Crippen LogP contribution in [0.25, 0.3) is 0 Å². The van der Waals surface area contributed by atoms with Gasteiger partial charge in [0, 0.05) is 19.6 Å². The third kappa shape index (κ3) is 6.62. The Bertz CT molecular complexity index is 346. The molecule has 128 valence electrons. The first-order chi connectivity index (χ1) is 10.6.